The van der Waals surface area contributed by atoms with Crippen LogP contribution < -0.4 is 5.73 Å². The fourth-order valence-corrected chi connectivity index (χ4v) is 1.27. The monoisotopic (exact) mass is 261 g/mol. The van der Waals surface area contributed by atoms with Crippen LogP contribution >= 0.6 is 7.82 Å². The molecule has 1 aromatic rings. The molecule has 17 heavy (non-hydrogen) atoms. The van der Waals surface area contributed by atoms with Crippen molar-refractivity contribution in [3.8, 4) is 0 Å². The summed E-state index contributed by atoms with van der Waals surface area (Å²) < 4.78 is 13.9. The zero-order valence-electron chi connectivity index (χ0n) is 8.72. The highest BCUT2D eigenvalue weighted by molar-refractivity contribution is 7.46. The quantitative estimate of drug-likeness (QED) is 0.391. The zero-order valence-corrected chi connectivity index (χ0v) is 9.62. The Hall–Kier alpha value is -1.24. The van der Waals surface area contributed by atoms with E-state index in [1.165, 1.54) is 0 Å². The third-order valence-corrected chi connectivity index (χ3v) is 2.09. The second-order valence-electron chi connectivity index (χ2n) is 3.26. The summed E-state index contributed by atoms with van der Waals surface area (Å²) in [5.41, 5.74) is 6.27. The van der Waals surface area contributed by atoms with Crippen LogP contribution in [0.3, 0.4) is 0 Å². The molecule has 1 atom stereocenters. The number of hydrogen-bond donors (Lipinski definition) is 3. The van der Waals surface area contributed by atoms with Gasteiger partial charge in [0.2, 0.25) is 0 Å². The van der Waals surface area contributed by atoms with Crippen LogP contribution in [0, 0.1) is 0 Å². The molecule has 0 aliphatic heterocycles. The average Bonchev–Trinajstić information content (AvgIpc) is 2.26. The van der Waals surface area contributed by atoms with Gasteiger partial charge in [0, 0.05) is 0 Å². The van der Waals surface area contributed by atoms with Crippen LogP contribution in [0.25, 0.3) is 0 Å². The van der Waals surface area contributed by atoms with Crippen molar-refractivity contribution in [2.24, 2.45) is 5.73 Å². The van der Waals surface area contributed by atoms with E-state index in [2.05, 4.69) is 9.56 Å². The van der Waals surface area contributed by atoms with Crippen molar-refractivity contribution in [3.63, 3.8) is 0 Å². The molecule has 0 aliphatic rings. The normalized spacial score (nSPS) is 13.1. The maximum atomic E-state index is 11.2. The Morgan fingerprint density at radius 3 is 2.47 bits per heavy atom. The number of carbonyl (C=O) groups is 1. The lowest BCUT2D eigenvalue weighted by atomic mass is 10.1. The number of benzene rings is 1. The molecule has 0 radical (unpaired) electrons. The van der Waals surface area contributed by atoms with Crippen LogP contribution in [0.1, 0.15) is 5.56 Å². The lowest BCUT2D eigenvalue weighted by Gasteiger charge is -2.10. The van der Waals surface area contributed by atoms with Crippen molar-refractivity contribution in [1.29, 1.82) is 0 Å². The lowest BCUT2D eigenvalue weighted by Crippen LogP contribution is -2.34. The van der Waals surface area contributed by atoms with Gasteiger partial charge in [0.05, 0.1) is 0 Å². The molecular weight excluding hydrogens is 249 g/mol. The van der Waals surface area contributed by atoms with E-state index >= 15 is 0 Å². The molecule has 8 heteroatoms. The van der Waals surface area contributed by atoms with Crippen molar-refractivity contribution in [2.75, 3.05) is 0 Å². The molecule has 1 aromatic carbocycles. The van der Waals surface area contributed by atoms with Gasteiger partial charge in [-0.05, 0) is 12.0 Å². The molecule has 0 bridgehead atoms. The van der Waals surface area contributed by atoms with Gasteiger partial charge >= 0.3 is 13.8 Å². The van der Waals surface area contributed by atoms with Crippen molar-refractivity contribution < 1.29 is 28.7 Å². The van der Waals surface area contributed by atoms with E-state index in [0.717, 1.165) is 5.56 Å². The molecule has 0 aliphatic carbocycles. The Kier molecular flexibility index (Phi) is 4.80. The fraction of sp³-hybridized carbons (Fsp3) is 0.222. The third-order valence-electron chi connectivity index (χ3n) is 1.82. The Labute approximate surface area is 97.3 Å². The largest absolute Gasteiger partial charge is 0.505 e. The summed E-state index contributed by atoms with van der Waals surface area (Å²) >= 11 is 0. The minimum absolute atomic E-state index is 0.185. The molecule has 0 saturated heterocycles. The van der Waals surface area contributed by atoms with Crippen molar-refractivity contribution >= 4 is 13.8 Å². The standard InChI is InChI=1S/C9H12NO6P/c10-8(6-7-4-2-1-3-5-7)9(11)15-16-17(12,13)14/h1-5,8H,6,10H2,(H2,12,13,14). The Bertz CT molecular complexity index is 417. The highest BCUT2D eigenvalue weighted by atomic mass is 31.2. The predicted molar refractivity (Wildman–Crippen MR) is 57.3 cm³/mol. The van der Waals surface area contributed by atoms with Crippen LogP contribution in [0.15, 0.2) is 30.3 Å². The van der Waals surface area contributed by atoms with Crippen molar-refractivity contribution in [3.05, 3.63) is 35.9 Å². The van der Waals surface area contributed by atoms with Crippen molar-refractivity contribution in [1.82, 2.24) is 0 Å². The summed E-state index contributed by atoms with van der Waals surface area (Å²) in [5.74, 6) is -1.04. The topological polar surface area (TPSA) is 119 Å². The third kappa shape index (κ3) is 5.58. The van der Waals surface area contributed by atoms with Gasteiger partial charge in [0.1, 0.15) is 6.04 Å². The maximum Gasteiger partial charge on any atom is 0.505 e. The summed E-state index contributed by atoms with van der Waals surface area (Å²) in [6.45, 7) is 0. The van der Waals surface area contributed by atoms with Gasteiger partial charge in [-0.3, -0.25) is 4.89 Å². The lowest BCUT2D eigenvalue weighted by molar-refractivity contribution is -0.223. The van der Waals surface area contributed by atoms with Gasteiger partial charge in [0.15, 0.2) is 0 Å². The van der Waals surface area contributed by atoms with E-state index in [4.69, 9.17) is 15.5 Å². The SMILES string of the molecule is NC(Cc1ccccc1)C(=O)OOP(=O)(O)O. The van der Waals surface area contributed by atoms with Crippen LogP contribution in [-0.2, 0) is 25.3 Å². The van der Waals surface area contributed by atoms with Gasteiger partial charge in [0.25, 0.3) is 0 Å². The Balaban J connectivity index is 2.45. The summed E-state index contributed by atoms with van der Waals surface area (Å²) in [5, 5.41) is 0. The van der Waals surface area contributed by atoms with Gasteiger partial charge in [-0.2, -0.15) is 0 Å². The second kappa shape index (κ2) is 5.90. The van der Waals surface area contributed by atoms with Crippen LogP contribution in [0.5, 0.6) is 0 Å². The summed E-state index contributed by atoms with van der Waals surface area (Å²) in [4.78, 5) is 31.7. The average molecular weight is 261 g/mol. The van der Waals surface area contributed by atoms with E-state index in [1.54, 1.807) is 24.3 Å². The van der Waals surface area contributed by atoms with E-state index < -0.39 is 19.8 Å². The molecule has 7 nitrogen and oxygen atoms in total. The highest BCUT2D eigenvalue weighted by Gasteiger charge is 2.23. The Morgan fingerprint density at radius 1 is 1.35 bits per heavy atom. The minimum atomic E-state index is -4.84. The first-order valence-corrected chi connectivity index (χ1v) is 6.16. The van der Waals surface area contributed by atoms with Crippen LogP contribution in [0.4, 0.5) is 0 Å². The molecule has 0 fully saturated rings. The molecular formula is C9H12NO6P. The summed E-state index contributed by atoms with van der Waals surface area (Å²) in [7, 11) is -4.84. The first-order valence-electron chi connectivity index (χ1n) is 4.63. The second-order valence-corrected chi connectivity index (χ2v) is 4.39. The predicted octanol–water partition coefficient (Wildman–Crippen LogP) is 0.124. The van der Waals surface area contributed by atoms with E-state index in [1.807, 2.05) is 6.07 Å². The first kappa shape index (κ1) is 13.8. The molecule has 0 saturated carbocycles. The first-order chi connectivity index (χ1) is 7.88. The van der Waals surface area contributed by atoms with E-state index in [9.17, 15) is 9.36 Å². The van der Waals surface area contributed by atoms with Crippen LogP contribution in [0.2, 0.25) is 0 Å². The van der Waals surface area contributed by atoms with Gasteiger partial charge in [-0.25, -0.2) is 9.36 Å². The fourth-order valence-electron chi connectivity index (χ4n) is 1.10. The van der Waals surface area contributed by atoms with E-state index in [-0.39, 0.29) is 6.42 Å². The van der Waals surface area contributed by atoms with Gasteiger partial charge < -0.3 is 15.5 Å². The molecule has 1 rings (SSSR count). The molecule has 1 unspecified atom stereocenters. The number of rotatable bonds is 5. The maximum absolute atomic E-state index is 11.2. The number of phosphoric acid groups is 1. The highest BCUT2D eigenvalue weighted by Crippen LogP contribution is 2.35. The molecule has 0 amide bonds. The Morgan fingerprint density at radius 2 is 1.94 bits per heavy atom. The molecule has 94 valence electrons. The molecule has 4 N–H and O–H groups in total. The summed E-state index contributed by atoms with van der Waals surface area (Å²) in [6, 6.07) is 7.83. The molecule has 0 spiro atoms. The van der Waals surface area contributed by atoms with Crippen LogP contribution in [-0.4, -0.2) is 21.8 Å². The number of carbonyl (C=O) groups excluding carboxylic acids is 1. The summed E-state index contributed by atoms with van der Waals surface area (Å²) in [6.07, 6.45) is 0.185. The zero-order chi connectivity index (χ0) is 12.9. The minimum Gasteiger partial charge on any atom is -0.318 e. The van der Waals surface area contributed by atoms with Crippen molar-refractivity contribution in [2.45, 2.75) is 12.5 Å². The molecule has 0 heterocycles. The number of nitrogens with two attached hydrogens (primary N) is 1. The van der Waals surface area contributed by atoms with Gasteiger partial charge in [-0.1, -0.05) is 35.0 Å². The smallest absolute Gasteiger partial charge is 0.318 e. The molecule has 0 aromatic heterocycles. The van der Waals surface area contributed by atoms with E-state index in [0.29, 0.717) is 0 Å². The number of hydrogen-bond acceptors (Lipinski definition) is 5. The van der Waals surface area contributed by atoms with Gasteiger partial charge in [-0.15, -0.1) is 0 Å².